The Bertz CT molecular complexity index is 181. The van der Waals surface area contributed by atoms with Crippen LogP contribution in [0.1, 0.15) is 1.43 Å². The van der Waals surface area contributed by atoms with E-state index in [9.17, 15) is 0 Å². The van der Waals surface area contributed by atoms with Crippen LogP contribution in [0.2, 0.25) is 0 Å². The van der Waals surface area contributed by atoms with Crippen molar-refractivity contribution in [2.24, 2.45) is 0 Å². The van der Waals surface area contributed by atoms with Gasteiger partial charge in [0.15, 0.2) is 0 Å². The molecule has 17 heavy (non-hydrogen) atoms. The van der Waals surface area contributed by atoms with E-state index in [4.69, 9.17) is 43.2 Å². The topological polar surface area (TPSA) is 213 Å². The van der Waals surface area contributed by atoms with Crippen LogP contribution in [-0.4, -0.2) is 75.7 Å². The van der Waals surface area contributed by atoms with Crippen LogP contribution in [0.3, 0.4) is 0 Å². The molecule has 13 nitrogen and oxygen atoms in total. The molecule has 0 heterocycles. The van der Waals surface area contributed by atoms with Gasteiger partial charge in [-0.25, -0.2) is 13.6 Å². The molecule has 0 aliphatic carbocycles. The third kappa shape index (κ3) is 14.7. The predicted molar refractivity (Wildman–Crippen MR) is 43.4 cm³/mol. The minimum Gasteiger partial charge on any atom is -1.00 e. The molecule has 9 N–H and O–H groups in total. The molecule has 0 aromatic heterocycles. The summed E-state index contributed by atoms with van der Waals surface area (Å²) in [6.45, 7) is 0. The molecule has 0 saturated carbocycles. The Kier molecular flexibility index (Phi) is 7.98. The molecule has 0 amide bonds. The van der Waals surface area contributed by atoms with Gasteiger partial charge < -0.3 is 44.6 Å². The largest absolute Gasteiger partial charge is 1.00 e. The minimum atomic E-state index is -5.37. The van der Waals surface area contributed by atoms with Crippen molar-refractivity contribution < 1.29 is 77.0 Å². The van der Waals surface area contributed by atoms with Gasteiger partial charge in [0.1, 0.15) is 0 Å². The van der Waals surface area contributed by atoms with Crippen LogP contribution in [0, 0.1) is 0 Å². The predicted octanol–water partition coefficient (Wildman–Crippen LogP) is -9.56. The van der Waals surface area contributed by atoms with E-state index in [1.807, 2.05) is 0 Å². The fourth-order valence-corrected chi connectivity index (χ4v) is 1.40. The fraction of sp³-hybridized carbons (Fsp3) is 0. The Labute approximate surface area is 110 Å². The van der Waals surface area contributed by atoms with Crippen LogP contribution >= 0.6 is 0 Å². The number of nitrogens with zero attached hydrogens (tertiary/aromatic N) is 1. The summed E-state index contributed by atoms with van der Waals surface area (Å²) in [6, 6.07) is 0. The second-order valence-corrected chi connectivity index (χ2v) is 6.21. The molecule has 100 valence electrons. The molecule has 0 atom stereocenters. The van der Waals surface area contributed by atoms with Gasteiger partial charge in [-0.1, -0.05) is 0 Å². The van der Waals surface area contributed by atoms with E-state index in [1.165, 1.54) is 0 Å². The summed E-state index contributed by atoms with van der Waals surface area (Å²) in [7, 11) is -16.1. The van der Waals surface area contributed by atoms with Crippen LogP contribution in [-0.2, 0) is 13.6 Å². The van der Waals surface area contributed by atoms with E-state index in [0.717, 1.165) is 0 Å². The molecule has 0 aromatic carbocycles. The van der Waals surface area contributed by atoms with E-state index < -0.39 is 32.5 Å². The van der Waals surface area contributed by atoms with E-state index in [2.05, 4.69) is 13.6 Å². The molecular weight excluding hydrogens is 297 g/mol. The van der Waals surface area contributed by atoms with Crippen molar-refractivity contribution in [1.29, 1.82) is 0 Å². The van der Waals surface area contributed by atoms with Gasteiger partial charge in [-0.2, -0.15) is 0 Å². The first kappa shape index (κ1) is 20.1. The van der Waals surface area contributed by atoms with Crippen molar-refractivity contribution in [3.63, 3.8) is 0 Å². The molecule has 0 radical (unpaired) electrons. The Balaban J connectivity index is -0.00000112. The summed E-state index contributed by atoms with van der Waals surface area (Å²) in [5, 5.41) is -0.940. The van der Waals surface area contributed by atoms with Gasteiger partial charge >= 0.3 is 46.0 Å². The SMILES string of the molecule is O[Si](O)(O)ON(O[Si](O)(O)O)O[Si](O)(O)O.[H-].[Li+]. The molecule has 0 aromatic rings. The van der Waals surface area contributed by atoms with Crippen molar-refractivity contribution in [1.82, 2.24) is 5.39 Å². The van der Waals surface area contributed by atoms with Gasteiger partial charge in [-0.05, 0) is 0 Å². The molecule has 0 spiro atoms. The first-order valence-corrected chi connectivity index (χ1v) is 8.42. The Morgan fingerprint density at radius 3 is 0.882 bits per heavy atom. The standard InChI is InChI=1S/Li.H9NO12Si3.H/c;2-14(3,4)11-1(12-15(5,6)7)13-16(8,9)10;/h;2-10H;/q+1;;-1. The third-order valence-electron chi connectivity index (χ3n) is 0.591. The molecule has 17 heteroatoms. The van der Waals surface area contributed by atoms with E-state index in [-0.39, 0.29) is 20.3 Å². The quantitative estimate of drug-likeness (QED) is 0.165. The maximum absolute atomic E-state index is 8.35. The van der Waals surface area contributed by atoms with Gasteiger partial charge in [-0.3, -0.25) is 0 Å². The third-order valence-corrected chi connectivity index (χ3v) is 1.77. The zero-order chi connectivity index (χ0) is 13.2. The van der Waals surface area contributed by atoms with E-state index in [0.29, 0.717) is 0 Å². The molecule has 0 rings (SSSR count). The Hall–Kier alpha value is 0.728. The van der Waals surface area contributed by atoms with E-state index in [1.54, 1.807) is 0 Å². The summed E-state index contributed by atoms with van der Waals surface area (Å²) >= 11 is 0. The summed E-state index contributed by atoms with van der Waals surface area (Å²) in [6.07, 6.45) is 0. The van der Waals surface area contributed by atoms with Crippen LogP contribution < -0.4 is 18.9 Å². The van der Waals surface area contributed by atoms with Crippen LogP contribution in [0.25, 0.3) is 0 Å². The summed E-state index contributed by atoms with van der Waals surface area (Å²) in [4.78, 5) is 75.1. The van der Waals surface area contributed by atoms with Crippen LogP contribution in [0.4, 0.5) is 0 Å². The minimum absolute atomic E-state index is 0. The second-order valence-electron chi connectivity index (χ2n) is 2.22. The van der Waals surface area contributed by atoms with Gasteiger partial charge in [0.2, 0.25) is 0 Å². The van der Waals surface area contributed by atoms with Crippen molar-refractivity contribution in [2.45, 2.75) is 0 Å². The second kappa shape index (κ2) is 6.77. The number of hydrogen-bond donors (Lipinski definition) is 9. The summed E-state index contributed by atoms with van der Waals surface area (Å²) in [5.74, 6) is 0. The molecule has 0 unspecified atom stereocenters. The van der Waals surface area contributed by atoms with Gasteiger partial charge in [0, 0.05) is 0 Å². The molecule has 0 aliphatic heterocycles. The number of hydrogen-bond acceptors (Lipinski definition) is 13. The van der Waals surface area contributed by atoms with Gasteiger partial charge in [-0.15, -0.1) is 0 Å². The monoisotopic (exact) mass is 307 g/mol. The summed E-state index contributed by atoms with van der Waals surface area (Å²) < 4.78 is 10.5. The molecule has 0 bridgehead atoms. The van der Waals surface area contributed by atoms with Crippen LogP contribution in [0.5, 0.6) is 0 Å². The smallest absolute Gasteiger partial charge is 1.00 e. The maximum Gasteiger partial charge on any atom is 1.00 e. The van der Waals surface area contributed by atoms with Gasteiger partial charge in [0.05, 0.1) is 5.39 Å². The number of rotatable bonds is 6. The van der Waals surface area contributed by atoms with Gasteiger partial charge in [0.25, 0.3) is 0 Å². The Morgan fingerprint density at radius 1 is 0.588 bits per heavy atom. The fourth-order valence-electron chi connectivity index (χ4n) is 0.356. The summed E-state index contributed by atoms with van der Waals surface area (Å²) in [5.41, 5.74) is 0. The average molecular weight is 307 g/mol. The first-order chi connectivity index (χ1) is 6.79. The average Bonchev–Trinajstić information content (AvgIpc) is 1.70. The van der Waals surface area contributed by atoms with Crippen LogP contribution in [0.15, 0.2) is 0 Å². The van der Waals surface area contributed by atoms with Crippen molar-refractivity contribution in [3.8, 4) is 0 Å². The van der Waals surface area contributed by atoms with Crippen molar-refractivity contribution in [3.05, 3.63) is 0 Å². The van der Waals surface area contributed by atoms with E-state index >= 15 is 0 Å². The molecule has 0 saturated heterocycles. The zero-order valence-corrected chi connectivity index (χ0v) is 11.2. The normalized spacial score (nSPS) is 13.8. The zero-order valence-electron chi connectivity index (χ0n) is 9.20. The van der Waals surface area contributed by atoms with Crippen molar-refractivity contribution in [2.75, 3.05) is 0 Å². The molecular formula is H10LiNO12Si3. The van der Waals surface area contributed by atoms with Crippen molar-refractivity contribution >= 4 is 27.1 Å². The first-order valence-electron chi connectivity index (χ1n) is 3.17. The Morgan fingerprint density at radius 2 is 0.765 bits per heavy atom. The molecule has 0 fully saturated rings. The maximum atomic E-state index is 8.35. The molecule has 0 aliphatic rings.